The fraction of sp³-hybridized carbons (Fsp3) is 0.520. The Hall–Kier alpha value is -2.56. The molecule has 0 radical (unpaired) electrons. The molecule has 0 saturated carbocycles. The molecule has 1 aliphatic rings. The molecule has 5 nitrogen and oxygen atoms in total. The Kier molecular flexibility index (Phi) is 9.15. The lowest BCUT2D eigenvalue weighted by Gasteiger charge is -2.31. The van der Waals surface area contributed by atoms with E-state index in [2.05, 4.69) is 12.2 Å². The minimum Gasteiger partial charge on any atom is -0.445 e. The van der Waals surface area contributed by atoms with Crippen LogP contribution in [0.15, 0.2) is 47.1 Å². The van der Waals surface area contributed by atoms with E-state index >= 15 is 0 Å². The van der Waals surface area contributed by atoms with Crippen LogP contribution in [0.3, 0.4) is 0 Å². The highest BCUT2D eigenvalue weighted by Gasteiger charge is 2.24. The monoisotopic (exact) mass is 412 g/mol. The molecule has 5 heteroatoms. The Labute approximate surface area is 181 Å². The number of rotatable bonds is 7. The number of ether oxygens (including phenoxy) is 1. The molecule has 1 aliphatic heterocycles. The maximum absolute atomic E-state index is 12.6. The van der Waals surface area contributed by atoms with E-state index in [4.69, 9.17) is 4.74 Å². The molecule has 1 aromatic carbocycles. The van der Waals surface area contributed by atoms with Crippen LogP contribution in [-0.2, 0) is 16.1 Å². The Bertz CT molecular complexity index is 781. The fourth-order valence-electron chi connectivity index (χ4n) is 3.36. The van der Waals surface area contributed by atoms with Crippen molar-refractivity contribution >= 4 is 12.0 Å². The van der Waals surface area contributed by atoms with Crippen LogP contribution in [0.2, 0.25) is 0 Å². The highest BCUT2D eigenvalue weighted by atomic mass is 16.6. The molecule has 2 rings (SSSR count). The zero-order chi connectivity index (χ0) is 22.1. The number of benzene rings is 1. The SMILES string of the molecule is CC/C(C)=C\C(C(=O)NCC1CCN(C(=O)OCc2ccc(C)cc2)CC1)=C(C)C. The highest BCUT2D eigenvalue weighted by molar-refractivity contribution is 5.97. The van der Waals surface area contributed by atoms with Gasteiger partial charge in [0.1, 0.15) is 6.61 Å². The third kappa shape index (κ3) is 7.36. The lowest BCUT2D eigenvalue weighted by atomic mass is 9.96. The first kappa shape index (κ1) is 23.7. The summed E-state index contributed by atoms with van der Waals surface area (Å²) >= 11 is 0. The smallest absolute Gasteiger partial charge is 0.410 e. The minimum atomic E-state index is -0.259. The number of aryl methyl sites for hydroxylation is 1. The summed E-state index contributed by atoms with van der Waals surface area (Å²) in [5, 5.41) is 3.08. The number of carbonyl (C=O) groups excluding carboxylic acids is 2. The molecule has 0 unspecified atom stereocenters. The molecule has 0 spiro atoms. The lowest BCUT2D eigenvalue weighted by Crippen LogP contribution is -2.41. The van der Waals surface area contributed by atoms with Gasteiger partial charge in [-0.15, -0.1) is 0 Å². The number of carbonyl (C=O) groups is 2. The van der Waals surface area contributed by atoms with Crippen LogP contribution in [0.1, 0.15) is 58.1 Å². The third-order valence-electron chi connectivity index (χ3n) is 5.64. The number of nitrogens with one attached hydrogen (secondary N) is 1. The van der Waals surface area contributed by atoms with Crippen LogP contribution < -0.4 is 5.32 Å². The normalized spacial score (nSPS) is 15.0. The summed E-state index contributed by atoms with van der Waals surface area (Å²) in [6.07, 6.45) is 4.40. The maximum atomic E-state index is 12.6. The van der Waals surface area contributed by atoms with Gasteiger partial charge in [0, 0.05) is 25.2 Å². The van der Waals surface area contributed by atoms with E-state index in [1.807, 2.05) is 58.0 Å². The average Bonchev–Trinajstić information content (AvgIpc) is 2.75. The number of hydrogen-bond donors (Lipinski definition) is 1. The van der Waals surface area contributed by atoms with E-state index in [-0.39, 0.29) is 12.0 Å². The molecule has 1 heterocycles. The Morgan fingerprint density at radius 2 is 1.77 bits per heavy atom. The fourth-order valence-corrected chi connectivity index (χ4v) is 3.36. The lowest BCUT2D eigenvalue weighted by molar-refractivity contribution is -0.117. The van der Waals surface area contributed by atoms with E-state index in [1.165, 1.54) is 11.1 Å². The van der Waals surface area contributed by atoms with Gasteiger partial charge in [-0.2, -0.15) is 0 Å². The summed E-state index contributed by atoms with van der Waals surface area (Å²) in [7, 11) is 0. The van der Waals surface area contributed by atoms with Gasteiger partial charge in [0.05, 0.1) is 0 Å². The number of amides is 2. The third-order valence-corrected chi connectivity index (χ3v) is 5.64. The highest BCUT2D eigenvalue weighted by Crippen LogP contribution is 2.18. The summed E-state index contributed by atoms with van der Waals surface area (Å²) < 4.78 is 5.45. The van der Waals surface area contributed by atoms with Crippen molar-refractivity contribution in [2.45, 2.75) is 60.5 Å². The molecule has 0 aliphatic carbocycles. The number of hydrogen-bond acceptors (Lipinski definition) is 3. The van der Waals surface area contributed by atoms with Crippen molar-refractivity contribution in [3.63, 3.8) is 0 Å². The molecule has 2 amide bonds. The van der Waals surface area contributed by atoms with E-state index in [0.717, 1.165) is 36.0 Å². The van der Waals surface area contributed by atoms with Crippen molar-refractivity contribution in [1.29, 1.82) is 0 Å². The van der Waals surface area contributed by atoms with Gasteiger partial charge >= 0.3 is 6.09 Å². The first-order valence-electron chi connectivity index (χ1n) is 10.9. The topological polar surface area (TPSA) is 58.6 Å². The quantitative estimate of drug-likeness (QED) is 0.497. The number of nitrogens with zero attached hydrogens (tertiary/aromatic N) is 1. The van der Waals surface area contributed by atoms with Gasteiger partial charge in [0.2, 0.25) is 0 Å². The van der Waals surface area contributed by atoms with Gasteiger partial charge in [-0.05, 0) is 58.4 Å². The number of likely N-dealkylation sites (tertiary alicyclic amines) is 1. The zero-order valence-corrected chi connectivity index (χ0v) is 19.1. The Balaban J connectivity index is 1.76. The van der Waals surface area contributed by atoms with Crippen molar-refractivity contribution < 1.29 is 14.3 Å². The van der Waals surface area contributed by atoms with Gasteiger partial charge in [-0.25, -0.2) is 4.79 Å². The predicted octanol–water partition coefficient (Wildman–Crippen LogP) is 5.15. The Morgan fingerprint density at radius 3 is 2.33 bits per heavy atom. The molecular formula is C25H36N2O3. The van der Waals surface area contributed by atoms with Gasteiger partial charge < -0.3 is 15.0 Å². The van der Waals surface area contributed by atoms with Crippen LogP contribution in [-0.4, -0.2) is 36.5 Å². The molecule has 1 N–H and O–H groups in total. The number of allylic oxidation sites excluding steroid dienone is 2. The zero-order valence-electron chi connectivity index (χ0n) is 19.1. The minimum absolute atomic E-state index is 0.0114. The predicted molar refractivity (Wildman–Crippen MR) is 121 cm³/mol. The van der Waals surface area contributed by atoms with E-state index in [0.29, 0.717) is 32.2 Å². The first-order chi connectivity index (χ1) is 14.3. The molecule has 0 bridgehead atoms. The summed E-state index contributed by atoms with van der Waals surface area (Å²) in [6.45, 7) is 12.4. The molecule has 0 aromatic heterocycles. The Morgan fingerprint density at radius 1 is 1.13 bits per heavy atom. The standard InChI is InChI=1S/C25H36N2O3/c1-6-19(4)15-23(18(2)3)24(28)26-16-21-11-13-27(14-12-21)25(29)30-17-22-9-7-20(5)8-10-22/h7-10,15,21H,6,11-14,16-17H2,1-5H3,(H,26,28)/b19-15-. The maximum Gasteiger partial charge on any atom is 0.410 e. The van der Waals surface area contributed by atoms with E-state index < -0.39 is 0 Å². The average molecular weight is 413 g/mol. The molecule has 0 atom stereocenters. The molecule has 30 heavy (non-hydrogen) atoms. The first-order valence-corrected chi connectivity index (χ1v) is 10.9. The molecule has 1 aromatic rings. The molecular weight excluding hydrogens is 376 g/mol. The van der Waals surface area contributed by atoms with Gasteiger partial charge in [0.25, 0.3) is 5.91 Å². The molecule has 1 saturated heterocycles. The van der Waals surface area contributed by atoms with Crippen LogP contribution in [0.25, 0.3) is 0 Å². The second-order valence-corrected chi connectivity index (χ2v) is 8.44. The van der Waals surface area contributed by atoms with Crippen molar-refractivity contribution in [3.05, 3.63) is 58.2 Å². The second kappa shape index (κ2) is 11.6. The summed E-state index contributed by atoms with van der Waals surface area (Å²) in [5.41, 5.74) is 5.15. The number of piperidine rings is 1. The van der Waals surface area contributed by atoms with E-state index in [1.54, 1.807) is 4.90 Å². The second-order valence-electron chi connectivity index (χ2n) is 8.44. The molecule has 164 valence electrons. The van der Waals surface area contributed by atoms with Crippen LogP contribution >= 0.6 is 0 Å². The van der Waals surface area contributed by atoms with Crippen molar-refractivity contribution in [2.24, 2.45) is 5.92 Å². The summed E-state index contributed by atoms with van der Waals surface area (Å²) in [4.78, 5) is 26.7. The van der Waals surface area contributed by atoms with Crippen LogP contribution in [0, 0.1) is 12.8 Å². The van der Waals surface area contributed by atoms with Gasteiger partial charge in [-0.3, -0.25) is 4.79 Å². The van der Waals surface area contributed by atoms with E-state index in [9.17, 15) is 9.59 Å². The van der Waals surface area contributed by atoms with Crippen LogP contribution in [0.4, 0.5) is 4.79 Å². The summed E-state index contributed by atoms with van der Waals surface area (Å²) in [5.74, 6) is 0.368. The van der Waals surface area contributed by atoms with Gasteiger partial charge in [-0.1, -0.05) is 54.0 Å². The largest absolute Gasteiger partial charge is 0.445 e. The van der Waals surface area contributed by atoms with Crippen molar-refractivity contribution in [3.8, 4) is 0 Å². The van der Waals surface area contributed by atoms with Crippen LogP contribution in [0.5, 0.6) is 0 Å². The van der Waals surface area contributed by atoms with Crippen molar-refractivity contribution in [2.75, 3.05) is 19.6 Å². The molecule has 1 fully saturated rings. The summed E-state index contributed by atoms with van der Waals surface area (Å²) in [6, 6.07) is 8.00. The van der Waals surface area contributed by atoms with Crippen molar-refractivity contribution in [1.82, 2.24) is 10.2 Å². The van der Waals surface area contributed by atoms with Gasteiger partial charge in [0.15, 0.2) is 0 Å².